The van der Waals surface area contributed by atoms with E-state index in [-0.39, 0.29) is 5.91 Å². The summed E-state index contributed by atoms with van der Waals surface area (Å²) >= 11 is 0. The van der Waals surface area contributed by atoms with Gasteiger partial charge in [-0.2, -0.15) is 0 Å². The van der Waals surface area contributed by atoms with Crippen molar-refractivity contribution in [1.82, 2.24) is 4.90 Å². The first-order valence-electron chi connectivity index (χ1n) is 9.18. The third-order valence-electron chi connectivity index (χ3n) is 5.12. The zero-order valence-electron chi connectivity index (χ0n) is 15.1. The van der Waals surface area contributed by atoms with Gasteiger partial charge in [0.1, 0.15) is 5.75 Å². The molecule has 0 saturated carbocycles. The van der Waals surface area contributed by atoms with Crippen LogP contribution in [0, 0.1) is 0 Å². The molecule has 0 aliphatic carbocycles. The van der Waals surface area contributed by atoms with Crippen LogP contribution >= 0.6 is 0 Å². The minimum absolute atomic E-state index is 0.196. The van der Waals surface area contributed by atoms with Gasteiger partial charge < -0.3 is 10.0 Å². The Hall–Kier alpha value is -2.29. The second kappa shape index (κ2) is 7.73. The van der Waals surface area contributed by atoms with Gasteiger partial charge in [0, 0.05) is 19.0 Å². The largest absolute Gasteiger partial charge is 0.508 e. The molecule has 1 fully saturated rings. The van der Waals surface area contributed by atoms with E-state index in [9.17, 15) is 9.90 Å². The summed E-state index contributed by atoms with van der Waals surface area (Å²) in [5, 5.41) is 9.69. The summed E-state index contributed by atoms with van der Waals surface area (Å²) in [7, 11) is 0. The molecule has 1 aliphatic rings. The van der Waals surface area contributed by atoms with Crippen LogP contribution in [0.3, 0.4) is 0 Å². The molecule has 1 saturated heterocycles. The highest BCUT2D eigenvalue weighted by atomic mass is 16.3. The van der Waals surface area contributed by atoms with Crippen molar-refractivity contribution in [1.29, 1.82) is 0 Å². The molecule has 0 radical (unpaired) electrons. The maximum atomic E-state index is 12.7. The van der Waals surface area contributed by atoms with Crippen LogP contribution in [-0.4, -0.2) is 29.0 Å². The first-order chi connectivity index (χ1) is 12.0. The van der Waals surface area contributed by atoms with Gasteiger partial charge in [0.25, 0.3) is 0 Å². The second-order valence-corrected chi connectivity index (χ2v) is 7.35. The third kappa shape index (κ3) is 4.41. The number of nitrogens with zero attached hydrogens (tertiary/aromatic N) is 1. The standard InChI is InChI=1S/C22H27NO2/c1-16(2)18-10-8-17(9-11-18)13-22(25)23-12-4-6-20(15-23)19-5-3-7-21(24)14-19/h3,5,7-11,14,16,20,24H,4,6,12-13,15H2,1-2H3/t20-/m1/s1. The van der Waals surface area contributed by atoms with Crippen LogP contribution < -0.4 is 0 Å². The molecule has 25 heavy (non-hydrogen) atoms. The Balaban J connectivity index is 1.63. The molecule has 0 unspecified atom stereocenters. The summed E-state index contributed by atoms with van der Waals surface area (Å²) in [6, 6.07) is 15.8. The van der Waals surface area contributed by atoms with Crippen molar-refractivity contribution in [3.05, 3.63) is 65.2 Å². The number of phenolic OH excluding ortho intramolecular Hbond substituents is 1. The molecule has 1 aliphatic heterocycles. The van der Waals surface area contributed by atoms with E-state index in [1.165, 1.54) is 5.56 Å². The molecule has 2 aromatic rings. The van der Waals surface area contributed by atoms with Gasteiger partial charge in [-0.3, -0.25) is 4.79 Å². The van der Waals surface area contributed by atoms with E-state index >= 15 is 0 Å². The molecule has 1 N–H and O–H groups in total. The van der Waals surface area contributed by atoms with Crippen LogP contribution in [0.5, 0.6) is 5.75 Å². The van der Waals surface area contributed by atoms with Crippen molar-refractivity contribution in [3.8, 4) is 5.75 Å². The summed E-state index contributed by atoms with van der Waals surface area (Å²) in [6.07, 6.45) is 2.54. The predicted octanol–water partition coefficient (Wildman–Crippen LogP) is 4.46. The van der Waals surface area contributed by atoms with Gasteiger partial charge in [0.2, 0.25) is 5.91 Å². The Morgan fingerprint density at radius 2 is 1.96 bits per heavy atom. The number of aromatic hydroxyl groups is 1. The molecule has 0 bridgehead atoms. The van der Waals surface area contributed by atoms with E-state index in [0.717, 1.165) is 37.1 Å². The number of amides is 1. The minimum atomic E-state index is 0.196. The molecule has 3 rings (SSSR count). The molecule has 0 spiro atoms. The van der Waals surface area contributed by atoms with Crippen LogP contribution in [0.2, 0.25) is 0 Å². The Bertz CT molecular complexity index is 721. The Morgan fingerprint density at radius 1 is 1.20 bits per heavy atom. The van der Waals surface area contributed by atoms with Crippen molar-refractivity contribution >= 4 is 5.91 Å². The predicted molar refractivity (Wildman–Crippen MR) is 101 cm³/mol. The van der Waals surface area contributed by atoms with Gasteiger partial charge in [-0.1, -0.05) is 50.2 Å². The first kappa shape index (κ1) is 17.5. The number of piperidine rings is 1. The number of hydrogen-bond donors (Lipinski definition) is 1. The number of likely N-dealkylation sites (tertiary alicyclic amines) is 1. The molecule has 1 amide bonds. The lowest BCUT2D eigenvalue weighted by molar-refractivity contribution is -0.131. The van der Waals surface area contributed by atoms with Crippen LogP contribution in [-0.2, 0) is 11.2 Å². The van der Waals surface area contributed by atoms with Crippen LogP contribution in [0.4, 0.5) is 0 Å². The summed E-state index contributed by atoms with van der Waals surface area (Å²) < 4.78 is 0. The molecule has 132 valence electrons. The quantitative estimate of drug-likeness (QED) is 0.894. The van der Waals surface area contributed by atoms with Gasteiger partial charge in [-0.25, -0.2) is 0 Å². The van der Waals surface area contributed by atoms with Crippen molar-refractivity contribution in [3.63, 3.8) is 0 Å². The summed E-state index contributed by atoms with van der Waals surface area (Å²) in [4.78, 5) is 14.7. The highest BCUT2D eigenvalue weighted by Gasteiger charge is 2.24. The molecule has 0 aromatic heterocycles. The van der Waals surface area contributed by atoms with E-state index in [1.807, 2.05) is 23.1 Å². The van der Waals surface area contributed by atoms with Crippen molar-refractivity contribution < 1.29 is 9.90 Å². The highest BCUT2D eigenvalue weighted by Crippen LogP contribution is 2.29. The monoisotopic (exact) mass is 337 g/mol. The Kier molecular flexibility index (Phi) is 5.42. The summed E-state index contributed by atoms with van der Waals surface area (Å²) in [5.41, 5.74) is 3.51. The lowest BCUT2D eigenvalue weighted by Crippen LogP contribution is -2.39. The van der Waals surface area contributed by atoms with E-state index in [1.54, 1.807) is 6.07 Å². The van der Waals surface area contributed by atoms with E-state index < -0.39 is 0 Å². The van der Waals surface area contributed by atoms with Crippen molar-refractivity contribution in [2.24, 2.45) is 0 Å². The number of benzene rings is 2. The van der Waals surface area contributed by atoms with Gasteiger partial charge in [0.05, 0.1) is 6.42 Å². The highest BCUT2D eigenvalue weighted by molar-refractivity contribution is 5.79. The lowest BCUT2D eigenvalue weighted by atomic mass is 9.90. The third-order valence-corrected chi connectivity index (χ3v) is 5.12. The van der Waals surface area contributed by atoms with Crippen LogP contribution in [0.1, 0.15) is 55.2 Å². The SMILES string of the molecule is CC(C)c1ccc(CC(=O)N2CCC[C@@H](c3cccc(O)c3)C2)cc1. The molecule has 1 heterocycles. The van der Waals surface area contributed by atoms with E-state index in [2.05, 4.69) is 38.1 Å². The molecular weight excluding hydrogens is 310 g/mol. The molecule has 1 atom stereocenters. The topological polar surface area (TPSA) is 40.5 Å². The Morgan fingerprint density at radius 3 is 2.64 bits per heavy atom. The average molecular weight is 337 g/mol. The van der Waals surface area contributed by atoms with Crippen molar-refractivity contribution in [2.75, 3.05) is 13.1 Å². The summed E-state index contributed by atoms with van der Waals surface area (Å²) in [6.45, 7) is 5.93. The van der Waals surface area contributed by atoms with Crippen molar-refractivity contribution in [2.45, 2.75) is 44.9 Å². The smallest absolute Gasteiger partial charge is 0.227 e. The van der Waals surface area contributed by atoms with E-state index in [4.69, 9.17) is 0 Å². The first-order valence-corrected chi connectivity index (χ1v) is 9.18. The molecule has 2 aromatic carbocycles. The number of phenols is 1. The van der Waals surface area contributed by atoms with Gasteiger partial charge in [-0.15, -0.1) is 0 Å². The van der Waals surface area contributed by atoms with Gasteiger partial charge in [0.15, 0.2) is 0 Å². The maximum Gasteiger partial charge on any atom is 0.227 e. The number of hydrogen-bond acceptors (Lipinski definition) is 2. The molecule has 3 nitrogen and oxygen atoms in total. The average Bonchev–Trinajstić information content (AvgIpc) is 2.62. The van der Waals surface area contributed by atoms with Crippen LogP contribution in [0.25, 0.3) is 0 Å². The van der Waals surface area contributed by atoms with Gasteiger partial charge >= 0.3 is 0 Å². The summed E-state index contributed by atoms with van der Waals surface area (Å²) in [5.74, 6) is 1.32. The van der Waals surface area contributed by atoms with Crippen LogP contribution in [0.15, 0.2) is 48.5 Å². The lowest BCUT2D eigenvalue weighted by Gasteiger charge is -2.33. The number of carbonyl (C=O) groups excluding carboxylic acids is 1. The molecule has 3 heteroatoms. The zero-order valence-corrected chi connectivity index (χ0v) is 15.1. The molecular formula is C22H27NO2. The van der Waals surface area contributed by atoms with Gasteiger partial charge in [-0.05, 0) is 47.6 Å². The normalized spacial score (nSPS) is 17.7. The Labute approximate surface area is 150 Å². The fourth-order valence-corrected chi connectivity index (χ4v) is 3.56. The second-order valence-electron chi connectivity index (χ2n) is 7.35. The number of carbonyl (C=O) groups is 1. The fourth-order valence-electron chi connectivity index (χ4n) is 3.56. The maximum absolute atomic E-state index is 12.7. The fraction of sp³-hybridized carbons (Fsp3) is 0.409. The number of rotatable bonds is 4. The zero-order chi connectivity index (χ0) is 17.8. The van der Waals surface area contributed by atoms with E-state index in [0.29, 0.717) is 24.0 Å². The minimum Gasteiger partial charge on any atom is -0.508 e.